The molecule has 4 aromatic rings. The first-order valence-corrected chi connectivity index (χ1v) is 9.57. The molecule has 0 amide bonds. The Morgan fingerprint density at radius 2 is 1.63 bits per heavy atom. The molecular weight excluding hydrogens is 380 g/mol. The molecule has 0 fully saturated rings. The SMILES string of the molecule is Cc1c(-c2ccccc2)c(=O)oc2ccc(OCC(=O)OCc3ccccc3)cc12. The third-order valence-corrected chi connectivity index (χ3v) is 4.80. The van der Waals surface area contributed by atoms with Gasteiger partial charge in [0.2, 0.25) is 0 Å². The van der Waals surface area contributed by atoms with Crippen molar-refractivity contribution in [3.63, 3.8) is 0 Å². The molecule has 0 saturated carbocycles. The van der Waals surface area contributed by atoms with Gasteiger partial charge in [-0.05, 0) is 41.8 Å². The van der Waals surface area contributed by atoms with Crippen LogP contribution in [0.2, 0.25) is 0 Å². The molecule has 0 aliphatic rings. The fourth-order valence-corrected chi connectivity index (χ4v) is 3.28. The molecule has 30 heavy (non-hydrogen) atoms. The Morgan fingerprint density at radius 3 is 2.37 bits per heavy atom. The van der Waals surface area contributed by atoms with E-state index in [1.54, 1.807) is 18.2 Å². The number of rotatable bonds is 6. The molecule has 3 aromatic carbocycles. The highest BCUT2D eigenvalue weighted by molar-refractivity contribution is 5.87. The smallest absolute Gasteiger partial charge is 0.344 e. The lowest BCUT2D eigenvalue weighted by molar-refractivity contribution is -0.147. The Bertz CT molecular complexity index is 1230. The van der Waals surface area contributed by atoms with Gasteiger partial charge in [0.15, 0.2) is 6.61 Å². The van der Waals surface area contributed by atoms with Crippen molar-refractivity contribution in [2.75, 3.05) is 6.61 Å². The summed E-state index contributed by atoms with van der Waals surface area (Å²) >= 11 is 0. The number of aryl methyl sites for hydroxylation is 1. The molecule has 0 aliphatic carbocycles. The van der Waals surface area contributed by atoms with Gasteiger partial charge in [-0.15, -0.1) is 0 Å². The van der Waals surface area contributed by atoms with Gasteiger partial charge in [0.05, 0.1) is 5.56 Å². The molecule has 0 atom stereocenters. The monoisotopic (exact) mass is 400 g/mol. The number of carbonyl (C=O) groups is 1. The van der Waals surface area contributed by atoms with Crippen LogP contribution in [0.25, 0.3) is 22.1 Å². The second-order valence-electron chi connectivity index (χ2n) is 6.85. The molecule has 1 heterocycles. The Hall–Kier alpha value is -3.86. The van der Waals surface area contributed by atoms with Crippen LogP contribution in [0.5, 0.6) is 5.75 Å². The number of ether oxygens (including phenoxy) is 2. The number of carbonyl (C=O) groups excluding carboxylic acids is 1. The van der Waals surface area contributed by atoms with Crippen LogP contribution in [-0.4, -0.2) is 12.6 Å². The zero-order chi connectivity index (χ0) is 20.9. The Labute approximate surface area is 173 Å². The zero-order valence-electron chi connectivity index (χ0n) is 16.5. The van der Waals surface area contributed by atoms with E-state index in [1.807, 2.05) is 67.6 Å². The molecule has 0 unspecified atom stereocenters. The van der Waals surface area contributed by atoms with E-state index >= 15 is 0 Å². The summed E-state index contributed by atoms with van der Waals surface area (Å²) in [6.07, 6.45) is 0. The molecule has 1 aromatic heterocycles. The van der Waals surface area contributed by atoms with E-state index in [0.29, 0.717) is 16.9 Å². The molecule has 0 N–H and O–H groups in total. The lowest BCUT2D eigenvalue weighted by Crippen LogP contribution is -2.14. The lowest BCUT2D eigenvalue weighted by atomic mass is 9.99. The summed E-state index contributed by atoms with van der Waals surface area (Å²) in [6, 6.07) is 23.9. The molecule has 150 valence electrons. The third kappa shape index (κ3) is 4.25. The van der Waals surface area contributed by atoms with Gasteiger partial charge in [-0.3, -0.25) is 0 Å². The molecule has 0 bridgehead atoms. The van der Waals surface area contributed by atoms with Gasteiger partial charge in [0.25, 0.3) is 0 Å². The summed E-state index contributed by atoms with van der Waals surface area (Å²) in [7, 11) is 0. The predicted octanol–water partition coefficient (Wildman–Crippen LogP) is 4.89. The first-order valence-electron chi connectivity index (χ1n) is 9.57. The van der Waals surface area contributed by atoms with Crippen molar-refractivity contribution in [2.45, 2.75) is 13.5 Å². The molecule has 0 spiro atoms. The van der Waals surface area contributed by atoms with E-state index < -0.39 is 5.97 Å². The first-order chi connectivity index (χ1) is 14.6. The summed E-state index contributed by atoms with van der Waals surface area (Å²) in [5, 5.41) is 0.753. The van der Waals surface area contributed by atoms with Crippen molar-refractivity contribution in [2.24, 2.45) is 0 Å². The van der Waals surface area contributed by atoms with Crippen LogP contribution in [0, 0.1) is 6.92 Å². The highest BCUT2D eigenvalue weighted by atomic mass is 16.6. The second kappa shape index (κ2) is 8.66. The maximum atomic E-state index is 12.5. The third-order valence-electron chi connectivity index (χ3n) is 4.80. The first kappa shape index (κ1) is 19.5. The number of esters is 1. The predicted molar refractivity (Wildman–Crippen MR) is 114 cm³/mol. The maximum absolute atomic E-state index is 12.5. The van der Waals surface area contributed by atoms with Crippen molar-refractivity contribution < 1.29 is 18.7 Å². The quantitative estimate of drug-likeness (QED) is 0.341. The van der Waals surface area contributed by atoms with Gasteiger partial charge in [0, 0.05) is 5.39 Å². The highest BCUT2D eigenvalue weighted by Gasteiger charge is 2.14. The van der Waals surface area contributed by atoms with Crippen LogP contribution in [0.15, 0.2) is 88.1 Å². The molecule has 0 aliphatic heterocycles. The summed E-state index contributed by atoms with van der Waals surface area (Å²) in [5.41, 5.74) is 3.10. The Balaban J connectivity index is 1.51. The van der Waals surface area contributed by atoms with Gasteiger partial charge in [-0.1, -0.05) is 60.7 Å². The average molecular weight is 400 g/mol. The Morgan fingerprint density at radius 1 is 0.933 bits per heavy atom. The van der Waals surface area contributed by atoms with Crippen LogP contribution in [0.1, 0.15) is 11.1 Å². The Kier molecular flexibility index (Phi) is 5.61. The minimum Gasteiger partial charge on any atom is -0.482 e. The minimum atomic E-state index is -0.458. The van der Waals surface area contributed by atoms with Crippen molar-refractivity contribution in [3.05, 3.63) is 100 Å². The molecule has 5 nitrogen and oxygen atoms in total. The van der Waals surface area contributed by atoms with Crippen molar-refractivity contribution in [3.8, 4) is 16.9 Å². The second-order valence-corrected chi connectivity index (χ2v) is 6.85. The largest absolute Gasteiger partial charge is 0.482 e. The minimum absolute atomic E-state index is 0.200. The van der Waals surface area contributed by atoms with Crippen LogP contribution in [-0.2, 0) is 16.1 Å². The fraction of sp³-hybridized carbons (Fsp3) is 0.120. The van der Waals surface area contributed by atoms with E-state index in [0.717, 1.165) is 22.1 Å². The van der Waals surface area contributed by atoms with E-state index in [2.05, 4.69) is 0 Å². The van der Waals surface area contributed by atoms with Crippen LogP contribution >= 0.6 is 0 Å². The summed E-state index contributed by atoms with van der Waals surface area (Å²) in [4.78, 5) is 24.5. The van der Waals surface area contributed by atoms with Gasteiger partial charge >= 0.3 is 11.6 Å². The highest BCUT2D eigenvalue weighted by Crippen LogP contribution is 2.29. The van der Waals surface area contributed by atoms with Gasteiger partial charge in [0.1, 0.15) is 17.9 Å². The number of benzene rings is 3. The van der Waals surface area contributed by atoms with E-state index in [1.165, 1.54) is 0 Å². The topological polar surface area (TPSA) is 65.7 Å². The van der Waals surface area contributed by atoms with Gasteiger partial charge < -0.3 is 13.9 Å². The lowest BCUT2D eigenvalue weighted by Gasteiger charge is -2.10. The standard InChI is InChI=1S/C25H20O5/c1-17-21-14-20(28-16-23(26)29-15-18-8-4-2-5-9-18)12-13-22(21)30-25(27)24(17)19-10-6-3-7-11-19/h2-14H,15-16H2,1H3. The van der Waals surface area contributed by atoms with E-state index in [-0.39, 0.29) is 18.8 Å². The maximum Gasteiger partial charge on any atom is 0.344 e. The average Bonchev–Trinajstić information content (AvgIpc) is 2.78. The van der Waals surface area contributed by atoms with E-state index in [4.69, 9.17) is 13.9 Å². The van der Waals surface area contributed by atoms with E-state index in [9.17, 15) is 9.59 Å². The normalized spacial score (nSPS) is 10.7. The van der Waals surface area contributed by atoms with Crippen molar-refractivity contribution in [1.29, 1.82) is 0 Å². The molecule has 0 saturated heterocycles. The number of fused-ring (bicyclic) bond motifs is 1. The fourth-order valence-electron chi connectivity index (χ4n) is 3.28. The van der Waals surface area contributed by atoms with Gasteiger partial charge in [-0.25, -0.2) is 9.59 Å². The number of hydrogen-bond acceptors (Lipinski definition) is 5. The van der Waals surface area contributed by atoms with Crippen molar-refractivity contribution in [1.82, 2.24) is 0 Å². The summed E-state index contributed by atoms with van der Waals surface area (Å²) in [5.74, 6) is 0.0374. The summed E-state index contributed by atoms with van der Waals surface area (Å²) in [6.45, 7) is 1.87. The molecular formula is C25H20O5. The number of hydrogen-bond donors (Lipinski definition) is 0. The molecule has 4 rings (SSSR count). The molecule has 5 heteroatoms. The van der Waals surface area contributed by atoms with Crippen molar-refractivity contribution >= 4 is 16.9 Å². The summed E-state index contributed by atoms with van der Waals surface area (Å²) < 4.78 is 16.3. The van der Waals surface area contributed by atoms with Crippen LogP contribution in [0.4, 0.5) is 0 Å². The van der Waals surface area contributed by atoms with Gasteiger partial charge in [-0.2, -0.15) is 0 Å². The molecule has 0 radical (unpaired) electrons. The zero-order valence-corrected chi connectivity index (χ0v) is 16.5. The van der Waals surface area contributed by atoms with Crippen LogP contribution in [0.3, 0.4) is 0 Å². The van der Waals surface area contributed by atoms with Crippen LogP contribution < -0.4 is 10.4 Å².